The van der Waals surface area contributed by atoms with E-state index in [1.807, 2.05) is 0 Å². The highest BCUT2D eigenvalue weighted by molar-refractivity contribution is 5.86. The topological polar surface area (TPSA) is 29.5 Å². The first-order valence-corrected chi connectivity index (χ1v) is 8.12. The lowest BCUT2D eigenvalue weighted by Gasteiger charge is -2.25. The third-order valence-corrected chi connectivity index (χ3v) is 5.33. The van der Waals surface area contributed by atoms with Gasteiger partial charge in [0, 0.05) is 19.1 Å². The third-order valence-electron chi connectivity index (χ3n) is 5.33. The standard InChI is InChI=1S/C19H21NO2/c1-13(16-8-4-6-14-5-2-3-7-17(14)16)20-11-15-9-10-22-19(21)18(15)12-20/h2-8,13,15,18H,9-12H2,1H3. The van der Waals surface area contributed by atoms with Crippen molar-refractivity contribution >= 4 is 16.7 Å². The first-order valence-electron chi connectivity index (χ1n) is 8.12. The van der Waals surface area contributed by atoms with E-state index in [9.17, 15) is 4.79 Å². The van der Waals surface area contributed by atoms with Crippen molar-refractivity contribution < 1.29 is 9.53 Å². The van der Waals surface area contributed by atoms with Gasteiger partial charge in [0.05, 0.1) is 12.5 Å². The summed E-state index contributed by atoms with van der Waals surface area (Å²) in [5.74, 6) is 0.550. The number of benzene rings is 2. The van der Waals surface area contributed by atoms with Crippen molar-refractivity contribution in [2.75, 3.05) is 19.7 Å². The second-order valence-corrected chi connectivity index (χ2v) is 6.52. The lowest BCUT2D eigenvalue weighted by Crippen LogP contribution is -2.31. The van der Waals surface area contributed by atoms with Gasteiger partial charge in [-0.2, -0.15) is 0 Å². The minimum atomic E-state index is 0.00358. The quantitative estimate of drug-likeness (QED) is 0.795. The summed E-state index contributed by atoms with van der Waals surface area (Å²) < 4.78 is 5.23. The van der Waals surface area contributed by atoms with Gasteiger partial charge < -0.3 is 4.74 Å². The van der Waals surface area contributed by atoms with Crippen molar-refractivity contribution in [3.05, 3.63) is 48.0 Å². The molecule has 0 aliphatic carbocycles. The van der Waals surface area contributed by atoms with Gasteiger partial charge in [-0.15, -0.1) is 0 Å². The highest BCUT2D eigenvalue weighted by Gasteiger charge is 2.42. The van der Waals surface area contributed by atoms with Crippen LogP contribution in [0.3, 0.4) is 0 Å². The average molecular weight is 295 g/mol. The van der Waals surface area contributed by atoms with Gasteiger partial charge in [-0.25, -0.2) is 0 Å². The largest absolute Gasteiger partial charge is 0.465 e. The second kappa shape index (κ2) is 5.40. The van der Waals surface area contributed by atoms with Crippen molar-refractivity contribution in [1.29, 1.82) is 0 Å². The summed E-state index contributed by atoms with van der Waals surface area (Å²) in [6, 6.07) is 15.4. The van der Waals surface area contributed by atoms with Crippen LogP contribution in [-0.2, 0) is 9.53 Å². The van der Waals surface area contributed by atoms with Gasteiger partial charge in [-0.1, -0.05) is 42.5 Å². The van der Waals surface area contributed by atoms with Crippen LogP contribution in [0.5, 0.6) is 0 Å². The van der Waals surface area contributed by atoms with Crippen molar-refractivity contribution in [2.45, 2.75) is 19.4 Å². The smallest absolute Gasteiger partial charge is 0.310 e. The Morgan fingerprint density at radius 1 is 1.14 bits per heavy atom. The van der Waals surface area contributed by atoms with Crippen molar-refractivity contribution in [2.24, 2.45) is 11.8 Å². The minimum Gasteiger partial charge on any atom is -0.465 e. The first-order chi connectivity index (χ1) is 10.7. The fourth-order valence-corrected chi connectivity index (χ4v) is 4.01. The summed E-state index contributed by atoms with van der Waals surface area (Å²) >= 11 is 0. The summed E-state index contributed by atoms with van der Waals surface area (Å²) in [5, 5.41) is 2.60. The van der Waals surface area contributed by atoms with Crippen LogP contribution in [0, 0.1) is 11.8 Å². The van der Waals surface area contributed by atoms with Gasteiger partial charge in [-0.3, -0.25) is 9.69 Å². The van der Waals surface area contributed by atoms with Crippen LogP contribution in [0.1, 0.15) is 24.9 Å². The van der Waals surface area contributed by atoms with E-state index in [1.165, 1.54) is 16.3 Å². The van der Waals surface area contributed by atoms with Crippen LogP contribution < -0.4 is 0 Å². The fourth-order valence-electron chi connectivity index (χ4n) is 4.01. The molecule has 3 atom stereocenters. The normalized spacial score (nSPS) is 26.7. The number of ether oxygens (including phenoxy) is 1. The molecule has 3 nitrogen and oxygen atoms in total. The Kier molecular flexibility index (Phi) is 3.38. The molecule has 0 spiro atoms. The highest BCUT2D eigenvalue weighted by Crippen LogP contribution is 2.37. The summed E-state index contributed by atoms with van der Waals surface area (Å²) in [7, 11) is 0. The number of carbonyl (C=O) groups is 1. The predicted octanol–water partition coefficient (Wildman–Crippen LogP) is 3.40. The number of nitrogens with zero attached hydrogens (tertiary/aromatic N) is 1. The lowest BCUT2D eigenvalue weighted by atomic mass is 9.91. The Bertz CT molecular complexity index is 706. The number of fused-ring (bicyclic) bond motifs is 2. The van der Waals surface area contributed by atoms with Gasteiger partial charge >= 0.3 is 5.97 Å². The van der Waals surface area contributed by atoms with Gasteiger partial charge in [0.25, 0.3) is 0 Å². The molecular weight excluding hydrogens is 274 g/mol. The number of rotatable bonds is 2. The molecular formula is C19H21NO2. The summed E-state index contributed by atoms with van der Waals surface area (Å²) in [6.45, 7) is 4.68. The van der Waals surface area contributed by atoms with Crippen molar-refractivity contribution in [3.63, 3.8) is 0 Å². The molecule has 2 aromatic carbocycles. The zero-order valence-electron chi connectivity index (χ0n) is 12.9. The number of hydrogen-bond acceptors (Lipinski definition) is 3. The maximum atomic E-state index is 11.9. The van der Waals surface area contributed by atoms with E-state index in [1.54, 1.807) is 0 Å². The molecule has 3 unspecified atom stereocenters. The van der Waals surface area contributed by atoms with E-state index < -0.39 is 0 Å². The van der Waals surface area contributed by atoms with Crippen molar-refractivity contribution in [3.8, 4) is 0 Å². The van der Waals surface area contributed by atoms with E-state index in [0.717, 1.165) is 19.5 Å². The van der Waals surface area contributed by atoms with Gasteiger partial charge in [-0.05, 0) is 35.6 Å². The second-order valence-electron chi connectivity index (χ2n) is 6.52. The Hall–Kier alpha value is -1.87. The highest BCUT2D eigenvalue weighted by atomic mass is 16.5. The zero-order valence-corrected chi connectivity index (χ0v) is 12.9. The Morgan fingerprint density at radius 2 is 1.95 bits per heavy atom. The molecule has 2 aliphatic heterocycles. The van der Waals surface area contributed by atoms with E-state index in [4.69, 9.17) is 4.74 Å². The number of carbonyl (C=O) groups excluding carboxylic acids is 1. The molecule has 0 aromatic heterocycles. The molecule has 2 aliphatic rings. The van der Waals surface area contributed by atoms with Crippen LogP contribution >= 0.6 is 0 Å². The molecule has 2 fully saturated rings. The lowest BCUT2D eigenvalue weighted by molar-refractivity contribution is -0.154. The molecule has 2 heterocycles. The summed E-state index contributed by atoms with van der Waals surface area (Å²) in [5.41, 5.74) is 1.35. The molecule has 0 radical (unpaired) electrons. The maximum absolute atomic E-state index is 11.9. The molecule has 0 saturated carbocycles. The fraction of sp³-hybridized carbons (Fsp3) is 0.421. The number of esters is 1. The summed E-state index contributed by atoms with van der Waals surface area (Å²) in [6.07, 6.45) is 1.01. The van der Waals surface area contributed by atoms with Gasteiger partial charge in [0.15, 0.2) is 0 Å². The van der Waals surface area contributed by atoms with Crippen LogP contribution in [0.15, 0.2) is 42.5 Å². The number of hydrogen-bond donors (Lipinski definition) is 0. The van der Waals surface area contributed by atoms with E-state index in [0.29, 0.717) is 18.6 Å². The number of cyclic esters (lactones) is 1. The maximum Gasteiger partial charge on any atom is 0.310 e. The SMILES string of the molecule is CC(c1cccc2ccccc12)N1CC2CCOC(=O)C2C1. The molecule has 114 valence electrons. The summed E-state index contributed by atoms with van der Waals surface area (Å²) in [4.78, 5) is 14.4. The molecule has 4 rings (SSSR count). The van der Waals surface area contributed by atoms with Crippen LogP contribution in [0.4, 0.5) is 0 Å². The third kappa shape index (κ3) is 2.20. The Balaban J connectivity index is 1.64. The van der Waals surface area contributed by atoms with Gasteiger partial charge in [0.1, 0.15) is 0 Å². The minimum absolute atomic E-state index is 0.00358. The van der Waals surface area contributed by atoms with Crippen LogP contribution in [0.2, 0.25) is 0 Å². The molecule has 2 aromatic rings. The first kappa shape index (κ1) is 13.8. The van der Waals surface area contributed by atoms with Crippen LogP contribution in [0.25, 0.3) is 10.8 Å². The molecule has 0 bridgehead atoms. The Morgan fingerprint density at radius 3 is 2.82 bits per heavy atom. The molecule has 3 heteroatoms. The average Bonchev–Trinajstić information content (AvgIpc) is 2.99. The van der Waals surface area contributed by atoms with Crippen molar-refractivity contribution in [1.82, 2.24) is 4.90 Å². The molecule has 0 amide bonds. The monoisotopic (exact) mass is 295 g/mol. The van der Waals surface area contributed by atoms with E-state index in [-0.39, 0.29) is 11.9 Å². The van der Waals surface area contributed by atoms with E-state index >= 15 is 0 Å². The number of likely N-dealkylation sites (tertiary alicyclic amines) is 1. The van der Waals surface area contributed by atoms with E-state index in [2.05, 4.69) is 54.3 Å². The van der Waals surface area contributed by atoms with Gasteiger partial charge in [0.2, 0.25) is 0 Å². The molecule has 22 heavy (non-hydrogen) atoms. The molecule has 0 N–H and O–H groups in total. The van der Waals surface area contributed by atoms with Crippen LogP contribution in [-0.4, -0.2) is 30.6 Å². The molecule has 2 saturated heterocycles. The zero-order chi connectivity index (χ0) is 15.1. The predicted molar refractivity (Wildman–Crippen MR) is 86.5 cm³/mol. The Labute approximate surface area is 130 Å².